The zero-order chi connectivity index (χ0) is 11.1. The lowest BCUT2D eigenvalue weighted by molar-refractivity contribution is 0.0546. The number of sulfonamides is 1. The van der Waals surface area contributed by atoms with Crippen LogP contribution < -0.4 is 0 Å². The summed E-state index contributed by atoms with van der Waals surface area (Å²) in [7, 11) is -3.77. The summed E-state index contributed by atoms with van der Waals surface area (Å²) in [6.45, 7) is 0.0767. The minimum atomic E-state index is -3.77. The van der Waals surface area contributed by atoms with Crippen LogP contribution in [0, 0.1) is 5.82 Å². The van der Waals surface area contributed by atoms with Crippen LogP contribution in [0.5, 0.6) is 0 Å². The fourth-order valence-corrected chi connectivity index (χ4v) is 2.99. The van der Waals surface area contributed by atoms with Crippen LogP contribution in [0.15, 0.2) is 29.2 Å². The Morgan fingerprint density at radius 1 is 1.33 bits per heavy atom. The molecule has 6 heteroatoms. The van der Waals surface area contributed by atoms with E-state index in [1.54, 1.807) is 0 Å². The van der Waals surface area contributed by atoms with E-state index in [1.807, 2.05) is 0 Å². The van der Waals surface area contributed by atoms with Gasteiger partial charge < -0.3 is 5.11 Å². The standard InChI is InChI=1S/C9H10FNO3S/c10-8-3-1-2-4-9(8)15(13,14)11-5-7(12)6-11/h1-4,7,12H,5-6H2. The maximum absolute atomic E-state index is 13.2. The summed E-state index contributed by atoms with van der Waals surface area (Å²) < 4.78 is 37.8. The molecule has 1 aromatic rings. The second kappa shape index (κ2) is 3.55. The quantitative estimate of drug-likeness (QED) is 0.790. The summed E-state index contributed by atoms with van der Waals surface area (Å²) in [6.07, 6.45) is -0.633. The molecule has 0 atom stereocenters. The van der Waals surface area contributed by atoms with Gasteiger partial charge in [0, 0.05) is 13.1 Å². The van der Waals surface area contributed by atoms with Crippen LogP contribution in [-0.4, -0.2) is 37.0 Å². The lowest BCUT2D eigenvalue weighted by Gasteiger charge is -2.34. The average Bonchev–Trinajstić information content (AvgIpc) is 2.13. The molecule has 1 aliphatic rings. The van der Waals surface area contributed by atoms with Gasteiger partial charge in [-0.05, 0) is 12.1 Å². The predicted molar refractivity (Wildman–Crippen MR) is 51.2 cm³/mol. The molecule has 1 saturated heterocycles. The molecule has 1 aliphatic heterocycles. The third kappa shape index (κ3) is 1.75. The maximum Gasteiger partial charge on any atom is 0.246 e. The van der Waals surface area contributed by atoms with Crippen LogP contribution in [0.1, 0.15) is 0 Å². The molecule has 0 aromatic heterocycles. The van der Waals surface area contributed by atoms with Gasteiger partial charge in [0.25, 0.3) is 0 Å². The van der Waals surface area contributed by atoms with Gasteiger partial charge in [0.1, 0.15) is 10.7 Å². The second-order valence-corrected chi connectivity index (χ2v) is 5.31. The Morgan fingerprint density at radius 3 is 2.47 bits per heavy atom. The van der Waals surface area contributed by atoms with E-state index in [2.05, 4.69) is 0 Å². The van der Waals surface area contributed by atoms with Crippen molar-refractivity contribution in [2.45, 2.75) is 11.0 Å². The number of halogens is 1. The monoisotopic (exact) mass is 231 g/mol. The summed E-state index contributed by atoms with van der Waals surface area (Å²) >= 11 is 0. The molecule has 0 spiro atoms. The third-order valence-corrected chi connectivity index (χ3v) is 4.15. The lowest BCUT2D eigenvalue weighted by atomic mass is 10.2. The van der Waals surface area contributed by atoms with Crippen molar-refractivity contribution in [3.8, 4) is 0 Å². The Balaban J connectivity index is 2.35. The highest BCUT2D eigenvalue weighted by molar-refractivity contribution is 7.89. The number of rotatable bonds is 2. The molecule has 0 saturated carbocycles. The topological polar surface area (TPSA) is 57.6 Å². The fraction of sp³-hybridized carbons (Fsp3) is 0.333. The van der Waals surface area contributed by atoms with Gasteiger partial charge in [-0.2, -0.15) is 4.31 Å². The number of nitrogens with zero attached hydrogens (tertiary/aromatic N) is 1. The molecule has 15 heavy (non-hydrogen) atoms. The number of benzene rings is 1. The van der Waals surface area contributed by atoms with Crippen LogP contribution in [-0.2, 0) is 10.0 Å². The molecular weight excluding hydrogens is 221 g/mol. The van der Waals surface area contributed by atoms with Crippen LogP contribution in [0.3, 0.4) is 0 Å². The van der Waals surface area contributed by atoms with Crippen molar-refractivity contribution >= 4 is 10.0 Å². The van der Waals surface area contributed by atoms with Crippen LogP contribution >= 0.6 is 0 Å². The Kier molecular flexibility index (Phi) is 2.49. The summed E-state index contributed by atoms with van der Waals surface area (Å²) in [6, 6.07) is 5.21. The first-order chi connectivity index (χ1) is 7.01. The van der Waals surface area contributed by atoms with E-state index in [0.717, 1.165) is 10.4 Å². The molecule has 1 aromatic carbocycles. The van der Waals surface area contributed by atoms with Crippen LogP contribution in [0.2, 0.25) is 0 Å². The minimum absolute atomic E-state index is 0.0384. The van der Waals surface area contributed by atoms with Crippen LogP contribution in [0.25, 0.3) is 0 Å². The van der Waals surface area contributed by atoms with Gasteiger partial charge in [0.2, 0.25) is 10.0 Å². The van der Waals surface area contributed by atoms with E-state index >= 15 is 0 Å². The highest BCUT2D eigenvalue weighted by Gasteiger charge is 2.36. The molecule has 2 rings (SSSR count). The summed E-state index contributed by atoms with van der Waals surface area (Å²) in [4.78, 5) is -0.336. The number of hydrogen-bond donors (Lipinski definition) is 1. The highest BCUT2D eigenvalue weighted by atomic mass is 32.2. The first-order valence-electron chi connectivity index (χ1n) is 4.44. The molecule has 0 aliphatic carbocycles. The molecule has 0 radical (unpaired) electrons. The zero-order valence-electron chi connectivity index (χ0n) is 7.80. The summed E-state index contributed by atoms with van der Waals surface area (Å²) in [5, 5.41) is 9.00. The van der Waals surface area contributed by atoms with Crippen molar-refractivity contribution in [3.63, 3.8) is 0 Å². The maximum atomic E-state index is 13.2. The first-order valence-corrected chi connectivity index (χ1v) is 5.88. The molecule has 4 nitrogen and oxygen atoms in total. The molecule has 0 unspecified atom stereocenters. The normalized spacial score (nSPS) is 18.8. The van der Waals surface area contributed by atoms with Crippen molar-refractivity contribution < 1.29 is 17.9 Å². The number of aliphatic hydroxyl groups excluding tert-OH is 1. The van der Waals surface area contributed by atoms with Gasteiger partial charge >= 0.3 is 0 Å². The Bertz CT molecular complexity index is 468. The van der Waals surface area contributed by atoms with E-state index in [0.29, 0.717) is 0 Å². The van der Waals surface area contributed by atoms with Gasteiger partial charge in [-0.1, -0.05) is 12.1 Å². The van der Waals surface area contributed by atoms with Gasteiger partial charge in [0.15, 0.2) is 0 Å². The van der Waals surface area contributed by atoms with Gasteiger partial charge in [-0.3, -0.25) is 0 Å². The van der Waals surface area contributed by atoms with Crippen molar-refractivity contribution in [2.75, 3.05) is 13.1 Å². The predicted octanol–water partition coefficient (Wildman–Crippen LogP) is 0.191. The first kappa shape index (κ1) is 10.5. The smallest absolute Gasteiger partial charge is 0.246 e. The van der Waals surface area contributed by atoms with Crippen LogP contribution in [0.4, 0.5) is 4.39 Å². The number of β-amino-alcohol motifs (C(OH)–C–C–N with tert-alkyl or cyclic N) is 1. The molecule has 1 N–H and O–H groups in total. The SMILES string of the molecule is O=S(=O)(c1ccccc1F)N1CC(O)C1. The van der Waals surface area contributed by atoms with Crippen molar-refractivity contribution in [1.82, 2.24) is 4.31 Å². The van der Waals surface area contributed by atoms with Gasteiger partial charge in [-0.15, -0.1) is 0 Å². The Morgan fingerprint density at radius 2 is 1.93 bits per heavy atom. The summed E-state index contributed by atoms with van der Waals surface area (Å²) in [5.74, 6) is -0.765. The third-order valence-electron chi connectivity index (χ3n) is 2.28. The molecule has 1 fully saturated rings. The summed E-state index contributed by atoms with van der Waals surface area (Å²) in [5.41, 5.74) is 0. The van der Waals surface area contributed by atoms with E-state index in [4.69, 9.17) is 5.11 Å². The lowest BCUT2D eigenvalue weighted by Crippen LogP contribution is -2.53. The zero-order valence-corrected chi connectivity index (χ0v) is 8.61. The van der Waals surface area contributed by atoms with E-state index in [-0.39, 0.29) is 18.0 Å². The Hall–Kier alpha value is -0.980. The van der Waals surface area contributed by atoms with E-state index in [1.165, 1.54) is 18.2 Å². The number of aliphatic hydroxyl groups is 1. The van der Waals surface area contributed by atoms with Crippen molar-refractivity contribution in [2.24, 2.45) is 0 Å². The fourth-order valence-electron chi connectivity index (χ4n) is 1.41. The van der Waals surface area contributed by atoms with E-state index in [9.17, 15) is 12.8 Å². The van der Waals surface area contributed by atoms with Gasteiger partial charge in [-0.25, -0.2) is 12.8 Å². The largest absolute Gasteiger partial charge is 0.390 e. The number of hydrogen-bond acceptors (Lipinski definition) is 3. The van der Waals surface area contributed by atoms with E-state index < -0.39 is 21.9 Å². The Labute approximate surface area is 87.0 Å². The average molecular weight is 231 g/mol. The molecule has 82 valence electrons. The molecule has 0 bridgehead atoms. The van der Waals surface area contributed by atoms with Crippen molar-refractivity contribution in [1.29, 1.82) is 0 Å². The highest BCUT2D eigenvalue weighted by Crippen LogP contribution is 2.23. The molecule has 0 amide bonds. The second-order valence-electron chi connectivity index (χ2n) is 3.41. The minimum Gasteiger partial charge on any atom is -0.390 e. The molecule has 1 heterocycles. The van der Waals surface area contributed by atoms with Gasteiger partial charge in [0.05, 0.1) is 6.10 Å². The van der Waals surface area contributed by atoms with Crippen molar-refractivity contribution in [3.05, 3.63) is 30.1 Å². The molecular formula is C9H10FNO3S.